The number of rotatable bonds is 1. The fourth-order valence-corrected chi connectivity index (χ4v) is 4.50. The topological polar surface area (TPSA) is 0 Å². The first-order valence-electron chi connectivity index (χ1n) is 9.32. The van der Waals surface area contributed by atoms with E-state index in [0.717, 1.165) is 17.7 Å². The molecule has 1 aliphatic carbocycles. The van der Waals surface area contributed by atoms with Crippen LogP contribution < -0.4 is 0 Å². The Morgan fingerprint density at radius 1 is 0.710 bits per heavy atom. The second-order valence-electron chi connectivity index (χ2n) is 9.38. The molecule has 1 aromatic rings. The molecule has 0 spiro atoms. The van der Waals surface area contributed by atoms with Gasteiger partial charge in [-0.15, -0.1) is 0 Å². The largest absolute Gasteiger partial charge is 0.423 e. The van der Waals surface area contributed by atoms with E-state index in [1.165, 1.54) is 0 Å². The van der Waals surface area contributed by atoms with Crippen LogP contribution in [0.2, 0.25) is 0 Å². The number of hydrogen-bond acceptors (Lipinski definition) is 0. The van der Waals surface area contributed by atoms with Crippen molar-refractivity contribution in [2.45, 2.75) is 59.3 Å². The van der Waals surface area contributed by atoms with Crippen molar-refractivity contribution in [1.29, 1.82) is 0 Å². The number of hydrogen-bond donors (Lipinski definition) is 0. The lowest BCUT2D eigenvalue weighted by Crippen LogP contribution is -2.17. The maximum atomic E-state index is 14.1. The van der Waals surface area contributed by atoms with E-state index in [4.69, 9.17) is 0 Å². The van der Waals surface area contributed by atoms with Gasteiger partial charge in [-0.1, -0.05) is 79.1 Å². The summed E-state index contributed by atoms with van der Waals surface area (Å²) in [5.74, 6) is 0. The highest BCUT2D eigenvalue weighted by Gasteiger charge is 2.42. The maximum Gasteiger partial charge on any atom is 0.423 e. The SMILES string of the molecule is CC(C)(C)C1=CC(C(F)(F)F)=C=C(c2c(Br)cc(C(C)(C)C)cc2Br)C(C(F)(F)F)=C1. The Morgan fingerprint density at radius 2 is 1.19 bits per heavy atom. The summed E-state index contributed by atoms with van der Waals surface area (Å²) in [6, 6.07) is 3.25. The smallest absolute Gasteiger partial charge is 0.166 e. The standard InChI is InChI=1S/C23H22Br2F6/c1-20(2,3)12-7-14(22(26,27)28)8-15(16(9-12)23(29,30)31)19-17(24)10-13(11-18(19)25)21(4,5)6/h7,9-11H,1-6H3. The van der Waals surface area contributed by atoms with Crippen LogP contribution in [0.15, 0.2) is 55.7 Å². The van der Waals surface area contributed by atoms with E-state index in [-0.39, 0.29) is 25.5 Å². The van der Waals surface area contributed by atoms with Crippen molar-refractivity contribution in [3.8, 4) is 0 Å². The lowest BCUT2D eigenvalue weighted by Gasteiger charge is -2.24. The molecule has 2 rings (SSSR count). The van der Waals surface area contributed by atoms with Gasteiger partial charge in [0.25, 0.3) is 0 Å². The van der Waals surface area contributed by atoms with Crippen LogP contribution in [0.4, 0.5) is 26.3 Å². The van der Waals surface area contributed by atoms with Gasteiger partial charge in [-0.2, -0.15) is 26.3 Å². The molecule has 0 saturated carbocycles. The average molecular weight is 572 g/mol. The third-order valence-corrected chi connectivity index (χ3v) is 6.01. The zero-order valence-corrected chi connectivity index (χ0v) is 21.0. The van der Waals surface area contributed by atoms with Crippen molar-refractivity contribution < 1.29 is 26.3 Å². The predicted molar refractivity (Wildman–Crippen MR) is 119 cm³/mol. The van der Waals surface area contributed by atoms with E-state index < -0.39 is 34.5 Å². The summed E-state index contributed by atoms with van der Waals surface area (Å²) in [5, 5.41) is 0. The monoisotopic (exact) mass is 570 g/mol. The van der Waals surface area contributed by atoms with Crippen LogP contribution in [0, 0.1) is 5.41 Å². The number of benzene rings is 1. The van der Waals surface area contributed by atoms with Crippen LogP contribution in [0.5, 0.6) is 0 Å². The first-order valence-corrected chi connectivity index (χ1v) is 10.9. The molecule has 1 aliphatic rings. The fourth-order valence-electron chi connectivity index (χ4n) is 2.91. The van der Waals surface area contributed by atoms with Gasteiger partial charge in [0.05, 0.1) is 11.1 Å². The average Bonchev–Trinajstić information content (AvgIpc) is 2.72. The molecule has 0 saturated heterocycles. The van der Waals surface area contributed by atoms with E-state index in [1.807, 2.05) is 20.8 Å². The Bertz CT molecular complexity index is 993. The van der Waals surface area contributed by atoms with Gasteiger partial charge in [-0.25, -0.2) is 0 Å². The van der Waals surface area contributed by atoms with Crippen molar-refractivity contribution in [2.75, 3.05) is 0 Å². The Labute approximate surface area is 195 Å². The summed E-state index contributed by atoms with van der Waals surface area (Å²) in [4.78, 5) is 0. The van der Waals surface area contributed by atoms with Crippen molar-refractivity contribution in [2.24, 2.45) is 5.41 Å². The van der Waals surface area contributed by atoms with Crippen LogP contribution in [0.25, 0.3) is 5.57 Å². The van der Waals surface area contributed by atoms with E-state index in [2.05, 4.69) is 37.6 Å². The van der Waals surface area contributed by atoms with Crippen LogP contribution in [-0.4, -0.2) is 12.4 Å². The maximum absolute atomic E-state index is 14.1. The van der Waals surface area contributed by atoms with Crippen LogP contribution >= 0.6 is 31.9 Å². The van der Waals surface area contributed by atoms with Gasteiger partial charge in [-0.05, 0) is 46.3 Å². The highest BCUT2D eigenvalue weighted by atomic mass is 79.9. The highest BCUT2D eigenvalue weighted by Crippen LogP contribution is 2.47. The van der Waals surface area contributed by atoms with Gasteiger partial charge in [0.2, 0.25) is 0 Å². The Hall–Kier alpha value is -1.24. The molecular weight excluding hydrogens is 550 g/mol. The van der Waals surface area contributed by atoms with Crippen molar-refractivity contribution in [3.63, 3.8) is 0 Å². The molecule has 31 heavy (non-hydrogen) atoms. The zero-order valence-electron chi connectivity index (χ0n) is 17.8. The molecule has 0 atom stereocenters. The first-order chi connectivity index (χ1) is 13.7. The fraction of sp³-hybridized carbons (Fsp3) is 0.435. The summed E-state index contributed by atoms with van der Waals surface area (Å²) in [6.45, 7) is 10.5. The molecule has 0 heterocycles. The minimum Gasteiger partial charge on any atom is -0.166 e. The second-order valence-corrected chi connectivity index (χ2v) is 11.1. The van der Waals surface area contributed by atoms with E-state index >= 15 is 0 Å². The van der Waals surface area contributed by atoms with Crippen molar-refractivity contribution in [1.82, 2.24) is 0 Å². The molecule has 0 aliphatic heterocycles. The molecule has 8 heteroatoms. The normalized spacial score (nSPS) is 16.3. The summed E-state index contributed by atoms with van der Waals surface area (Å²) >= 11 is 6.56. The molecular formula is C23H22Br2F6. The minimum absolute atomic E-state index is 0.0399. The molecule has 0 radical (unpaired) electrons. The Morgan fingerprint density at radius 3 is 1.55 bits per heavy atom. The predicted octanol–water partition coefficient (Wildman–Crippen LogP) is 9.45. The molecule has 0 unspecified atom stereocenters. The molecule has 0 fully saturated rings. The summed E-state index contributed by atoms with van der Waals surface area (Å²) in [5.41, 5.74) is -1.66. The number of alkyl halides is 6. The van der Waals surface area contributed by atoms with Gasteiger partial charge >= 0.3 is 12.4 Å². The van der Waals surface area contributed by atoms with E-state index in [1.54, 1.807) is 32.9 Å². The lowest BCUT2D eigenvalue weighted by molar-refractivity contribution is -0.0891. The molecule has 0 N–H and O–H groups in total. The third-order valence-electron chi connectivity index (χ3n) is 4.76. The zero-order chi connectivity index (χ0) is 24.2. The van der Waals surface area contributed by atoms with Crippen molar-refractivity contribution >= 4 is 37.4 Å². The van der Waals surface area contributed by atoms with Crippen molar-refractivity contribution in [3.05, 3.63) is 66.8 Å². The summed E-state index contributed by atoms with van der Waals surface area (Å²) in [6.07, 6.45) is -8.24. The van der Waals surface area contributed by atoms with Crippen LogP contribution in [-0.2, 0) is 5.41 Å². The molecule has 0 aromatic heterocycles. The highest BCUT2D eigenvalue weighted by molar-refractivity contribution is 9.11. The quantitative estimate of drug-likeness (QED) is 0.232. The molecule has 170 valence electrons. The van der Waals surface area contributed by atoms with Gasteiger partial charge in [0.1, 0.15) is 0 Å². The molecule has 0 amide bonds. The molecule has 0 nitrogen and oxygen atoms in total. The van der Waals surface area contributed by atoms with Crippen LogP contribution in [0.1, 0.15) is 52.7 Å². The Balaban J connectivity index is 3.00. The Kier molecular flexibility index (Phi) is 6.94. The van der Waals surface area contributed by atoms with E-state index in [0.29, 0.717) is 0 Å². The van der Waals surface area contributed by atoms with Crippen LogP contribution in [0.3, 0.4) is 0 Å². The number of halogens is 8. The second kappa shape index (κ2) is 8.27. The first kappa shape index (κ1) is 26.0. The van der Waals surface area contributed by atoms with Gasteiger partial charge in [0, 0.05) is 20.1 Å². The van der Waals surface area contributed by atoms with Gasteiger partial charge in [-0.3, -0.25) is 0 Å². The van der Waals surface area contributed by atoms with E-state index in [9.17, 15) is 26.3 Å². The molecule has 0 bridgehead atoms. The minimum atomic E-state index is -4.89. The summed E-state index contributed by atoms with van der Waals surface area (Å²) in [7, 11) is 0. The molecule has 1 aromatic carbocycles. The van der Waals surface area contributed by atoms with Gasteiger partial charge in [0.15, 0.2) is 0 Å². The number of allylic oxidation sites excluding steroid dienone is 5. The lowest BCUT2D eigenvalue weighted by atomic mass is 9.83. The third kappa shape index (κ3) is 5.96. The van der Waals surface area contributed by atoms with Gasteiger partial charge < -0.3 is 0 Å². The summed E-state index contributed by atoms with van der Waals surface area (Å²) < 4.78 is 84.0.